The summed E-state index contributed by atoms with van der Waals surface area (Å²) < 4.78 is 11.1. The summed E-state index contributed by atoms with van der Waals surface area (Å²) in [7, 11) is 0. The van der Waals surface area contributed by atoms with E-state index in [-0.39, 0.29) is 5.78 Å². The first-order valence-corrected chi connectivity index (χ1v) is 12.7. The van der Waals surface area contributed by atoms with Crippen molar-refractivity contribution in [3.05, 3.63) is 60.2 Å². The third kappa shape index (κ3) is 8.61. The topological polar surface area (TPSA) is 69.7 Å². The van der Waals surface area contributed by atoms with Crippen LogP contribution in [0.4, 0.5) is 0 Å². The lowest BCUT2D eigenvalue weighted by atomic mass is 9.68. The molecule has 1 unspecified atom stereocenters. The van der Waals surface area contributed by atoms with E-state index in [4.69, 9.17) is 9.47 Å². The maximum absolute atomic E-state index is 13.6. The van der Waals surface area contributed by atoms with Crippen LogP contribution in [0.1, 0.15) is 86.5 Å². The van der Waals surface area contributed by atoms with Crippen LogP contribution in [0.3, 0.4) is 0 Å². The fourth-order valence-corrected chi connectivity index (χ4v) is 3.68. The number of benzene rings is 2. The largest absolute Gasteiger partial charge is 0.459 e. The molecule has 0 aliphatic rings. The van der Waals surface area contributed by atoms with Crippen LogP contribution in [0, 0.1) is 17.3 Å². The normalized spacial score (nSPS) is 12.8. The van der Waals surface area contributed by atoms with Gasteiger partial charge in [0.15, 0.2) is 11.7 Å². The number of rotatable bonds is 7. The third-order valence-electron chi connectivity index (χ3n) is 5.80. The SMILES string of the molecule is CC.CC(C(C(=O)OC(C)(C)C)C(=O)OC(C)(C)C)C(C)(C)C(=O)c1ccc(-c2ccccc2)cc1. The first-order chi connectivity index (χ1) is 16.5. The van der Waals surface area contributed by atoms with Crippen LogP contribution in [0.2, 0.25) is 0 Å². The zero-order chi connectivity index (χ0) is 27.9. The molecule has 2 rings (SSSR count). The molecule has 36 heavy (non-hydrogen) atoms. The fourth-order valence-electron chi connectivity index (χ4n) is 3.68. The molecule has 0 radical (unpaired) electrons. The van der Waals surface area contributed by atoms with Crippen molar-refractivity contribution < 1.29 is 23.9 Å². The molecule has 5 nitrogen and oxygen atoms in total. The van der Waals surface area contributed by atoms with E-state index in [0.717, 1.165) is 11.1 Å². The summed E-state index contributed by atoms with van der Waals surface area (Å²) in [6.45, 7) is 19.7. The highest BCUT2D eigenvalue weighted by Crippen LogP contribution is 2.38. The molecule has 0 aromatic heterocycles. The minimum absolute atomic E-state index is 0.156. The van der Waals surface area contributed by atoms with Crippen molar-refractivity contribution >= 4 is 17.7 Å². The summed E-state index contributed by atoms with van der Waals surface area (Å²) >= 11 is 0. The molecular weight excluding hydrogens is 452 g/mol. The van der Waals surface area contributed by atoms with Gasteiger partial charge in [0.25, 0.3) is 0 Å². The van der Waals surface area contributed by atoms with Crippen LogP contribution in [0.5, 0.6) is 0 Å². The van der Waals surface area contributed by atoms with E-state index in [2.05, 4.69) is 0 Å². The molecule has 5 heteroatoms. The Labute approximate surface area is 217 Å². The Morgan fingerprint density at radius 1 is 0.639 bits per heavy atom. The van der Waals surface area contributed by atoms with Gasteiger partial charge >= 0.3 is 11.9 Å². The Balaban J connectivity index is 0.00000316. The minimum atomic E-state index is -1.24. The number of ether oxygens (including phenoxy) is 2. The number of hydrogen-bond acceptors (Lipinski definition) is 5. The monoisotopic (exact) mass is 496 g/mol. The average molecular weight is 497 g/mol. The molecule has 0 fully saturated rings. The Kier molecular flexibility index (Phi) is 10.6. The van der Waals surface area contributed by atoms with E-state index in [1.54, 1.807) is 74.4 Å². The lowest BCUT2D eigenvalue weighted by Gasteiger charge is -2.36. The summed E-state index contributed by atoms with van der Waals surface area (Å²) in [6.07, 6.45) is 0. The van der Waals surface area contributed by atoms with Crippen molar-refractivity contribution in [2.24, 2.45) is 17.3 Å². The lowest BCUT2D eigenvalue weighted by molar-refractivity contribution is -0.178. The molecule has 198 valence electrons. The second-order valence-electron chi connectivity index (χ2n) is 11.3. The minimum Gasteiger partial charge on any atom is -0.459 e. The van der Waals surface area contributed by atoms with E-state index in [1.807, 2.05) is 56.3 Å². The van der Waals surface area contributed by atoms with Gasteiger partial charge < -0.3 is 9.47 Å². The van der Waals surface area contributed by atoms with Gasteiger partial charge in [0, 0.05) is 11.0 Å². The third-order valence-corrected chi connectivity index (χ3v) is 5.80. The number of ketones is 1. The van der Waals surface area contributed by atoms with Crippen LogP contribution in [-0.2, 0) is 19.1 Å². The standard InChI is InChI=1S/C29H38O5.C2H6/c1-19(23(25(31)33-27(2,3)4)26(32)34-28(5,6)7)29(8,9)24(30)22-17-15-21(16-18-22)20-13-11-10-12-14-20;1-2/h10-19,23H,1-9H3;1-2H3. The van der Waals surface area contributed by atoms with Gasteiger partial charge in [-0.05, 0) is 58.6 Å². The summed E-state index contributed by atoms with van der Waals surface area (Å²) in [5.41, 5.74) is -0.0138. The van der Waals surface area contributed by atoms with Crippen molar-refractivity contribution in [1.29, 1.82) is 0 Å². The molecule has 0 bridgehead atoms. The van der Waals surface area contributed by atoms with Crippen molar-refractivity contribution in [2.75, 3.05) is 0 Å². The number of hydrogen-bond donors (Lipinski definition) is 0. The van der Waals surface area contributed by atoms with Crippen molar-refractivity contribution in [3.63, 3.8) is 0 Å². The smallest absolute Gasteiger partial charge is 0.321 e. The first-order valence-electron chi connectivity index (χ1n) is 12.7. The molecule has 0 spiro atoms. The maximum Gasteiger partial charge on any atom is 0.321 e. The van der Waals surface area contributed by atoms with Gasteiger partial charge in [-0.1, -0.05) is 89.2 Å². The molecule has 2 aromatic rings. The number of carbonyl (C=O) groups is 3. The molecule has 1 atom stereocenters. The van der Waals surface area contributed by atoms with Crippen molar-refractivity contribution in [3.8, 4) is 11.1 Å². The second kappa shape index (κ2) is 12.3. The van der Waals surface area contributed by atoms with Crippen LogP contribution in [-0.4, -0.2) is 28.9 Å². The first kappa shape index (κ1) is 31.1. The zero-order valence-corrected chi connectivity index (χ0v) is 23.9. The summed E-state index contributed by atoms with van der Waals surface area (Å²) in [5, 5.41) is 0. The van der Waals surface area contributed by atoms with Crippen molar-refractivity contribution in [1.82, 2.24) is 0 Å². The predicted molar refractivity (Wildman–Crippen MR) is 146 cm³/mol. The molecular formula is C31H44O5. The second-order valence-corrected chi connectivity index (χ2v) is 11.3. The van der Waals surface area contributed by atoms with Crippen LogP contribution in [0.15, 0.2) is 54.6 Å². The molecule has 0 amide bonds. The van der Waals surface area contributed by atoms with Crippen LogP contribution >= 0.6 is 0 Å². The quantitative estimate of drug-likeness (QED) is 0.225. The highest BCUT2D eigenvalue weighted by Gasteiger charge is 2.47. The molecule has 0 aliphatic carbocycles. The van der Waals surface area contributed by atoms with Gasteiger partial charge in [0.2, 0.25) is 0 Å². The van der Waals surface area contributed by atoms with Gasteiger partial charge in [-0.15, -0.1) is 0 Å². The van der Waals surface area contributed by atoms with Gasteiger partial charge in [0.05, 0.1) is 0 Å². The summed E-state index contributed by atoms with van der Waals surface area (Å²) in [5.74, 6) is -3.43. The summed E-state index contributed by atoms with van der Waals surface area (Å²) in [6, 6.07) is 17.3. The molecule has 0 aliphatic heterocycles. The van der Waals surface area contributed by atoms with E-state index in [9.17, 15) is 14.4 Å². The highest BCUT2D eigenvalue weighted by atomic mass is 16.6. The fraction of sp³-hybridized carbons (Fsp3) is 0.516. The average Bonchev–Trinajstić information content (AvgIpc) is 2.78. The predicted octanol–water partition coefficient (Wildman–Crippen LogP) is 7.52. The van der Waals surface area contributed by atoms with Gasteiger partial charge in [-0.3, -0.25) is 14.4 Å². The Bertz CT molecular complexity index is 978. The van der Waals surface area contributed by atoms with E-state index in [0.29, 0.717) is 5.56 Å². The number of esters is 2. The molecule has 0 saturated carbocycles. The Hall–Kier alpha value is -2.95. The van der Waals surface area contributed by atoms with E-state index < -0.39 is 40.4 Å². The molecule has 0 heterocycles. The van der Waals surface area contributed by atoms with Gasteiger partial charge in [0.1, 0.15) is 11.2 Å². The highest BCUT2D eigenvalue weighted by molar-refractivity contribution is 6.02. The van der Waals surface area contributed by atoms with Crippen LogP contribution in [0.25, 0.3) is 11.1 Å². The van der Waals surface area contributed by atoms with Crippen molar-refractivity contribution in [2.45, 2.75) is 87.4 Å². The zero-order valence-electron chi connectivity index (χ0n) is 23.9. The molecule has 0 saturated heterocycles. The van der Waals surface area contributed by atoms with Gasteiger partial charge in [-0.2, -0.15) is 0 Å². The Morgan fingerprint density at radius 2 is 1.03 bits per heavy atom. The lowest BCUT2D eigenvalue weighted by Crippen LogP contribution is -2.46. The van der Waals surface area contributed by atoms with Crippen LogP contribution < -0.4 is 0 Å². The summed E-state index contributed by atoms with van der Waals surface area (Å²) in [4.78, 5) is 39.8. The Morgan fingerprint density at radius 3 is 1.42 bits per heavy atom. The molecule has 0 N–H and O–H groups in total. The van der Waals surface area contributed by atoms with E-state index in [1.165, 1.54) is 0 Å². The van der Waals surface area contributed by atoms with Gasteiger partial charge in [-0.25, -0.2) is 0 Å². The molecule has 2 aromatic carbocycles. The number of carbonyl (C=O) groups excluding carboxylic acids is 3. The maximum atomic E-state index is 13.6. The number of Topliss-reactive ketones (excluding diaryl/α,β-unsaturated/α-hetero) is 1. The van der Waals surface area contributed by atoms with E-state index >= 15 is 0 Å².